The molecule has 4 aromatic rings. The Morgan fingerprint density at radius 1 is 0.920 bits per heavy atom. The van der Waals surface area contributed by atoms with Crippen LogP contribution in [-0.2, 0) is 14.3 Å². The lowest BCUT2D eigenvalue weighted by molar-refractivity contribution is -0.140. The molecule has 1 saturated carbocycles. The van der Waals surface area contributed by atoms with E-state index in [2.05, 4.69) is 29.0 Å². The number of hydrogen-bond donors (Lipinski definition) is 1. The molecule has 5 rings (SSSR count). The highest BCUT2D eigenvalue weighted by Gasteiger charge is 2.27. The van der Waals surface area contributed by atoms with Gasteiger partial charge >= 0.3 is 17.9 Å². The first-order valence-electron chi connectivity index (χ1n) is 17.2. The highest BCUT2D eigenvalue weighted by atomic mass is 32.1. The maximum Gasteiger partial charge on any atom is 0.343 e. The van der Waals surface area contributed by atoms with Crippen LogP contribution in [0.4, 0.5) is 5.13 Å². The van der Waals surface area contributed by atoms with Crippen molar-refractivity contribution in [1.82, 2.24) is 4.98 Å². The van der Waals surface area contributed by atoms with Crippen molar-refractivity contribution in [2.45, 2.75) is 64.7 Å². The average Bonchev–Trinajstić information content (AvgIpc) is 3.56. The predicted octanol–water partition coefficient (Wildman–Crippen LogP) is 8.75. The lowest BCUT2D eigenvalue weighted by Crippen LogP contribution is -2.25. The molecule has 50 heavy (non-hydrogen) atoms. The van der Waals surface area contributed by atoms with Gasteiger partial charge in [-0.1, -0.05) is 43.4 Å². The number of rotatable bonds is 17. The lowest BCUT2D eigenvalue weighted by Gasteiger charge is -2.26. The molecule has 1 aliphatic rings. The minimum Gasteiger partial charge on any atom is -0.494 e. The van der Waals surface area contributed by atoms with Crippen LogP contribution < -0.4 is 19.6 Å². The van der Waals surface area contributed by atoms with Gasteiger partial charge in [0.2, 0.25) is 5.13 Å². The van der Waals surface area contributed by atoms with E-state index >= 15 is 0 Å². The van der Waals surface area contributed by atoms with E-state index in [9.17, 15) is 14.4 Å². The van der Waals surface area contributed by atoms with E-state index in [1.165, 1.54) is 17.6 Å². The van der Waals surface area contributed by atoms with Crippen molar-refractivity contribution in [3.05, 3.63) is 90.5 Å². The van der Waals surface area contributed by atoms with Crippen LogP contribution in [0, 0.1) is 11.8 Å². The highest BCUT2D eigenvalue weighted by Crippen LogP contribution is 2.33. The van der Waals surface area contributed by atoms with Crippen molar-refractivity contribution >= 4 is 50.8 Å². The third kappa shape index (κ3) is 10.7. The quantitative estimate of drug-likeness (QED) is 0.0288. The Balaban J connectivity index is 1.19. The van der Waals surface area contributed by atoms with E-state index in [0.29, 0.717) is 46.9 Å². The average molecular weight is 698 g/mol. The molecule has 0 unspecified atom stereocenters. The Morgan fingerprint density at radius 2 is 1.66 bits per heavy atom. The van der Waals surface area contributed by atoms with Gasteiger partial charge in [0.1, 0.15) is 17.2 Å². The molecule has 3 aromatic carbocycles. The number of anilines is 1. The van der Waals surface area contributed by atoms with E-state index in [4.69, 9.17) is 18.9 Å². The first kappa shape index (κ1) is 36.3. The van der Waals surface area contributed by atoms with Gasteiger partial charge in [-0.15, -0.1) is 0 Å². The molecule has 0 saturated heterocycles. The van der Waals surface area contributed by atoms with Crippen molar-refractivity contribution in [2.75, 3.05) is 18.6 Å². The number of thiazole rings is 1. The molecule has 1 N–H and O–H groups in total. The van der Waals surface area contributed by atoms with Gasteiger partial charge in [0.15, 0.2) is 0 Å². The second-order valence-electron chi connectivity index (χ2n) is 12.2. The molecule has 10 nitrogen and oxygen atoms in total. The molecular weight excluding hydrogens is 655 g/mol. The summed E-state index contributed by atoms with van der Waals surface area (Å²) >= 11 is 1.47. The molecule has 0 amide bonds. The molecule has 0 radical (unpaired) electrons. The second-order valence-corrected chi connectivity index (χ2v) is 13.2. The summed E-state index contributed by atoms with van der Waals surface area (Å²) in [5, 5.41) is 4.97. The summed E-state index contributed by atoms with van der Waals surface area (Å²) in [5.41, 5.74) is 4.62. The minimum atomic E-state index is -0.556. The Bertz CT molecular complexity index is 1750. The molecular formula is C39H43N3O7S. The number of carbonyl (C=O) groups excluding carboxylic acids is 3. The maximum absolute atomic E-state index is 13.2. The Hall–Kier alpha value is -5.03. The Morgan fingerprint density at radius 3 is 2.40 bits per heavy atom. The number of esters is 3. The number of nitrogens with one attached hydrogen (secondary N) is 1. The third-order valence-electron chi connectivity index (χ3n) is 8.63. The van der Waals surface area contributed by atoms with E-state index < -0.39 is 11.9 Å². The van der Waals surface area contributed by atoms with E-state index in [0.717, 1.165) is 74.1 Å². The number of fused-ring (bicyclic) bond motifs is 1. The molecule has 0 aliphatic heterocycles. The van der Waals surface area contributed by atoms with E-state index in [1.54, 1.807) is 42.5 Å². The Kier molecular flexibility index (Phi) is 13.5. The number of nitrogens with zero attached hydrogens (tertiary/aromatic N) is 2. The monoisotopic (exact) mass is 697 g/mol. The van der Waals surface area contributed by atoms with Crippen LogP contribution in [0.2, 0.25) is 0 Å². The SMILES string of the molecule is C=CC(=O)OCCCCCCOc1ccc(C(=O)Oc2ccc(OC(=O)C3CCC(CC)CC3)cc2C=NNc2nc3ccccc3s2)cc1. The van der Waals surface area contributed by atoms with Gasteiger partial charge in [-0.3, -0.25) is 10.2 Å². The van der Waals surface area contributed by atoms with Gasteiger partial charge in [0, 0.05) is 11.6 Å². The van der Waals surface area contributed by atoms with Gasteiger partial charge in [-0.25, -0.2) is 14.6 Å². The molecule has 11 heteroatoms. The molecule has 1 heterocycles. The summed E-state index contributed by atoms with van der Waals surface area (Å²) in [4.78, 5) is 41.8. The number of aromatic nitrogens is 1. The number of ether oxygens (including phenoxy) is 4. The zero-order valence-corrected chi connectivity index (χ0v) is 29.1. The van der Waals surface area contributed by atoms with Crippen LogP contribution in [0.1, 0.15) is 80.6 Å². The summed E-state index contributed by atoms with van der Waals surface area (Å²) in [7, 11) is 0. The van der Waals surface area contributed by atoms with Crippen molar-refractivity contribution in [2.24, 2.45) is 16.9 Å². The standard InChI is InChI=1S/C39H43N3O7S/c1-3-27-13-15-28(16-14-27)37(44)48-32-21-22-34(30(25-32)26-40-42-39-41-33-11-7-8-12-35(33)50-39)49-38(45)29-17-19-31(20-18-29)46-23-9-5-6-10-24-47-36(43)4-2/h4,7-8,11-12,17-22,25-28H,2-3,5-6,9-10,13-16,23-24H2,1H3,(H,41,42). The summed E-state index contributed by atoms with van der Waals surface area (Å²) in [6, 6.07) is 19.4. The van der Waals surface area contributed by atoms with Crippen LogP contribution in [0.3, 0.4) is 0 Å². The fourth-order valence-corrected chi connectivity index (χ4v) is 6.51. The second kappa shape index (κ2) is 18.7. The molecule has 1 aliphatic carbocycles. The summed E-state index contributed by atoms with van der Waals surface area (Å²) in [6.07, 6.45) is 11.0. The van der Waals surface area contributed by atoms with Gasteiger partial charge < -0.3 is 18.9 Å². The molecule has 1 fully saturated rings. The molecule has 0 spiro atoms. The minimum absolute atomic E-state index is 0.124. The van der Waals surface area contributed by atoms with E-state index in [-0.39, 0.29) is 17.6 Å². The molecule has 0 bridgehead atoms. The third-order valence-corrected chi connectivity index (χ3v) is 9.57. The highest BCUT2D eigenvalue weighted by molar-refractivity contribution is 7.22. The van der Waals surface area contributed by atoms with Crippen LogP contribution in [0.5, 0.6) is 17.2 Å². The maximum atomic E-state index is 13.2. The number of para-hydroxylation sites is 1. The first-order chi connectivity index (χ1) is 24.4. The lowest BCUT2D eigenvalue weighted by atomic mass is 9.81. The van der Waals surface area contributed by atoms with Crippen LogP contribution in [0.25, 0.3) is 10.2 Å². The molecule has 1 aromatic heterocycles. The molecule has 262 valence electrons. The fraction of sp³-hybridized carbons (Fsp3) is 0.359. The van der Waals surface area contributed by atoms with Gasteiger partial charge in [0.25, 0.3) is 0 Å². The number of unbranched alkanes of at least 4 members (excludes halogenated alkanes) is 3. The first-order valence-corrected chi connectivity index (χ1v) is 18.0. The number of hydrazone groups is 1. The van der Waals surface area contributed by atoms with E-state index in [1.807, 2.05) is 24.3 Å². The van der Waals surface area contributed by atoms with Gasteiger partial charge in [-0.05, 0) is 112 Å². The summed E-state index contributed by atoms with van der Waals surface area (Å²) in [6.45, 7) is 6.48. The van der Waals surface area contributed by atoms with Crippen LogP contribution >= 0.6 is 11.3 Å². The van der Waals surface area contributed by atoms with Crippen LogP contribution in [0.15, 0.2) is 84.5 Å². The zero-order chi connectivity index (χ0) is 35.1. The fourth-order valence-electron chi connectivity index (χ4n) is 5.69. The van der Waals surface area contributed by atoms with Crippen molar-refractivity contribution in [3.8, 4) is 17.2 Å². The normalized spacial score (nSPS) is 15.8. The van der Waals surface area contributed by atoms with Crippen molar-refractivity contribution < 1.29 is 33.3 Å². The predicted molar refractivity (Wildman–Crippen MR) is 195 cm³/mol. The molecule has 0 atom stereocenters. The number of hydrogen-bond acceptors (Lipinski definition) is 11. The van der Waals surface area contributed by atoms with Crippen LogP contribution in [-0.4, -0.2) is 42.3 Å². The summed E-state index contributed by atoms with van der Waals surface area (Å²) < 4.78 is 23.4. The number of benzene rings is 3. The largest absolute Gasteiger partial charge is 0.494 e. The zero-order valence-electron chi connectivity index (χ0n) is 28.3. The Labute approximate surface area is 296 Å². The topological polar surface area (TPSA) is 125 Å². The van der Waals surface area contributed by atoms with Gasteiger partial charge in [-0.2, -0.15) is 5.10 Å². The number of carbonyl (C=O) groups is 3. The van der Waals surface area contributed by atoms with Crippen molar-refractivity contribution in [1.29, 1.82) is 0 Å². The summed E-state index contributed by atoms with van der Waals surface area (Å²) in [5.74, 6) is 0.601. The van der Waals surface area contributed by atoms with Gasteiger partial charge in [0.05, 0.1) is 41.1 Å². The van der Waals surface area contributed by atoms with Crippen molar-refractivity contribution in [3.63, 3.8) is 0 Å². The smallest absolute Gasteiger partial charge is 0.343 e.